The second-order valence-electron chi connectivity index (χ2n) is 7.82. The minimum absolute atomic E-state index is 0.249. The normalized spacial score (nSPS) is 16.3. The highest BCUT2D eigenvalue weighted by molar-refractivity contribution is 5.67. The smallest absolute Gasteiger partial charge is 0.407 e. The lowest BCUT2D eigenvalue weighted by Crippen LogP contribution is -2.40. The van der Waals surface area contributed by atoms with Crippen molar-refractivity contribution in [2.75, 3.05) is 32.8 Å². The first-order valence-electron chi connectivity index (χ1n) is 9.39. The lowest BCUT2D eigenvalue weighted by Gasteiger charge is -2.32. The van der Waals surface area contributed by atoms with Crippen LogP contribution in [0, 0.1) is 11.7 Å². The Morgan fingerprint density at radius 1 is 1.23 bits per heavy atom. The van der Waals surface area contributed by atoms with Gasteiger partial charge in [0.25, 0.3) is 0 Å². The maximum absolute atomic E-state index is 12.8. The number of amides is 1. The van der Waals surface area contributed by atoms with Crippen molar-refractivity contribution in [1.82, 2.24) is 10.2 Å². The number of hydrogen-bond acceptors (Lipinski definition) is 4. The zero-order chi connectivity index (χ0) is 19.0. The van der Waals surface area contributed by atoms with Crippen molar-refractivity contribution < 1.29 is 18.7 Å². The average Bonchev–Trinajstić information content (AvgIpc) is 2.58. The molecule has 1 saturated heterocycles. The highest BCUT2D eigenvalue weighted by Gasteiger charge is 2.21. The van der Waals surface area contributed by atoms with E-state index in [-0.39, 0.29) is 11.9 Å². The molecule has 1 aliphatic heterocycles. The standard InChI is InChI=1S/C20H31FN2O3/c1-20(2,3)26-19(24)22-15-16-9-12-23(13-10-16)11-4-14-25-18-7-5-17(21)6-8-18/h5-8,16H,4,9-15H2,1-3H3,(H,22,24). The van der Waals surface area contributed by atoms with Crippen LogP contribution >= 0.6 is 0 Å². The molecule has 0 unspecified atom stereocenters. The van der Waals surface area contributed by atoms with Crippen LogP contribution in [-0.4, -0.2) is 49.4 Å². The first kappa shape index (κ1) is 20.5. The number of piperidine rings is 1. The van der Waals surface area contributed by atoms with Crippen molar-refractivity contribution in [3.05, 3.63) is 30.1 Å². The maximum Gasteiger partial charge on any atom is 0.407 e. The summed E-state index contributed by atoms with van der Waals surface area (Å²) in [6.45, 7) is 9.98. The Bertz CT molecular complexity index is 549. The van der Waals surface area contributed by atoms with E-state index in [1.165, 1.54) is 12.1 Å². The molecule has 0 aromatic heterocycles. The molecule has 0 aliphatic carbocycles. The van der Waals surface area contributed by atoms with E-state index in [9.17, 15) is 9.18 Å². The summed E-state index contributed by atoms with van der Waals surface area (Å²) in [5.41, 5.74) is -0.455. The number of halogens is 1. The topological polar surface area (TPSA) is 50.8 Å². The van der Waals surface area contributed by atoms with Gasteiger partial charge < -0.3 is 19.7 Å². The number of nitrogens with one attached hydrogen (secondary N) is 1. The fraction of sp³-hybridized carbons (Fsp3) is 0.650. The van der Waals surface area contributed by atoms with E-state index in [1.54, 1.807) is 12.1 Å². The molecule has 0 saturated carbocycles. The minimum atomic E-state index is -0.455. The van der Waals surface area contributed by atoms with E-state index in [0.717, 1.165) is 38.9 Å². The van der Waals surface area contributed by atoms with Crippen LogP contribution in [-0.2, 0) is 4.74 Å². The van der Waals surface area contributed by atoms with Gasteiger partial charge >= 0.3 is 6.09 Å². The lowest BCUT2D eigenvalue weighted by molar-refractivity contribution is 0.0509. The van der Waals surface area contributed by atoms with Gasteiger partial charge in [-0.1, -0.05) is 0 Å². The fourth-order valence-electron chi connectivity index (χ4n) is 2.97. The average molecular weight is 366 g/mol. The summed E-state index contributed by atoms with van der Waals surface area (Å²) in [5.74, 6) is 0.967. The highest BCUT2D eigenvalue weighted by atomic mass is 19.1. The van der Waals surface area contributed by atoms with Gasteiger partial charge in [0, 0.05) is 13.1 Å². The van der Waals surface area contributed by atoms with E-state index in [2.05, 4.69) is 10.2 Å². The van der Waals surface area contributed by atoms with Gasteiger partial charge in [-0.3, -0.25) is 0 Å². The van der Waals surface area contributed by atoms with E-state index < -0.39 is 5.60 Å². The van der Waals surface area contributed by atoms with Gasteiger partial charge in [-0.15, -0.1) is 0 Å². The second-order valence-corrected chi connectivity index (χ2v) is 7.82. The molecule has 1 N–H and O–H groups in total. The van der Waals surface area contributed by atoms with Crippen molar-refractivity contribution in [2.45, 2.75) is 45.6 Å². The fourth-order valence-corrected chi connectivity index (χ4v) is 2.97. The third-order valence-electron chi connectivity index (χ3n) is 4.34. The zero-order valence-electron chi connectivity index (χ0n) is 16.1. The largest absolute Gasteiger partial charge is 0.494 e. The van der Waals surface area contributed by atoms with Crippen molar-refractivity contribution >= 4 is 6.09 Å². The van der Waals surface area contributed by atoms with Crippen LogP contribution in [0.3, 0.4) is 0 Å². The molecule has 146 valence electrons. The van der Waals surface area contributed by atoms with Gasteiger partial charge in [0.05, 0.1) is 6.61 Å². The number of hydrogen-bond donors (Lipinski definition) is 1. The van der Waals surface area contributed by atoms with Crippen LogP contribution in [0.2, 0.25) is 0 Å². The van der Waals surface area contributed by atoms with Gasteiger partial charge in [-0.25, -0.2) is 9.18 Å². The van der Waals surface area contributed by atoms with Crippen LogP contribution in [0.1, 0.15) is 40.0 Å². The molecule has 0 atom stereocenters. The summed E-state index contributed by atoms with van der Waals surface area (Å²) in [5, 5.41) is 2.87. The van der Waals surface area contributed by atoms with Crippen LogP contribution in [0.4, 0.5) is 9.18 Å². The van der Waals surface area contributed by atoms with Crippen molar-refractivity contribution in [3.63, 3.8) is 0 Å². The number of likely N-dealkylation sites (tertiary alicyclic amines) is 1. The van der Waals surface area contributed by atoms with E-state index in [0.29, 0.717) is 24.8 Å². The number of alkyl carbamates (subject to hydrolysis) is 1. The number of nitrogens with zero attached hydrogens (tertiary/aromatic N) is 1. The Hall–Kier alpha value is -1.82. The van der Waals surface area contributed by atoms with Crippen LogP contribution in [0.15, 0.2) is 24.3 Å². The van der Waals surface area contributed by atoms with Crippen molar-refractivity contribution in [2.24, 2.45) is 5.92 Å². The lowest BCUT2D eigenvalue weighted by atomic mass is 9.97. The minimum Gasteiger partial charge on any atom is -0.494 e. The molecular weight excluding hydrogens is 335 g/mol. The van der Waals surface area contributed by atoms with Crippen molar-refractivity contribution in [1.29, 1.82) is 0 Å². The summed E-state index contributed by atoms with van der Waals surface area (Å²) >= 11 is 0. The van der Waals surface area contributed by atoms with Gasteiger partial charge in [0.15, 0.2) is 0 Å². The number of benzene rings is 1. The van der Waals surface area contributed by atoms with Gasteiger partial charge in [0.2, 0.25) is 0 Å². The molecule has 1 aliphatic rings. The monoisotopic (exact) mass is 366 g/mol. The molecule has 1 fully saturated rings. The molecule has 26 heavy (non-hydrogen) atoms. The van der Waals surface area contributed by atoms with Crippen molar-refractivity contribution in [3.8, 4) is 5.75 Å². The molecule has 1 heterocycles. The van der Waals surface area contributed by atoms with E-state index in [4.69, 9.17) is 9.47 Å². The number of ether oxygens (including phenoxy) is 2. The first-order chi connectivity index (χ1) is 12.3. The van der Waals surface area contributed by atoms with E-state index >= 15 is 0 Å². The molecule has 5 nitrogen and oxygen atoms in total. The molecular formula is C20H31FN2O3. The van der Waals surface area contributed by atoms with Crippen LogP contribution in [0.25, 0.3) is 0 Å². The quantitative estimate of drug-likeness (QED) is 0.745. The molecule has 1 amide bonds. The summed E-state index contributed by atoms with van der Waals surface area (Å²) < 4.78 is 23.7. The summed E-state index contributed by atoms with van der Waals surface area (Å²) in [6, 6.07) is 6.12. The maximum atomic E-state index is 12.8. The Morgan fingerprint density at radius 3 is 2.50 bits per heavy atom. The Morgan fingerprint density at radius 2 is 1.88 bits per heavy atom. The zero-order valence-corrected chi connectivity index (χ0v) is 16.1. The number of carbonyl (C=O) groups is 1. The summed E-state index contributed by atoms with van der Waals surface area (Å²) in [6.07, 6.45) is 2.76. The highest BCUT2D eigenvalue weighted by Crippen LogP contribution is 2.17. The number of carbonyl (C=O) groups excluding carboxylic acids is 1. The van der Waals surface area contributed by atoms with Gasteiger partial charge in [-0.05, 0) is 83.3 Å². The Kier molecular flexibility index (Phi) is 7.69. The molecule has 0 spiro atoms. The van der Waals surface area contributed by atoms with Crippen LogP contribution < -0.4 is 10.1 Å². The summed E-state index contributed by atoms with van der Waals surface area (Å²) in [7, 11) is 0. The predicted octanol–water partition coefficient (Wildman–Crippen LogP) is 3.83. The first-order valence-corrected chi connectivity index (χ1v) is 9.39. The Balaban J connectivity index is 1.54. The van der Waals surface area contributed by atoms with Gasteiger partial charge in [0.1, 0.15) is 17.2 Å². The third kappa shape index (κ3) is 8.04. The molecule has 0 bridgehead atoms. The second kappa shape index (κ2) is 9.76. The van der Waals surface area contributed by atoms with Gasteiger partial charge in [-0.2, -0.15) is 0 Å². The third-order valence-corrected chi connectivity index (χ3v) is 4.34. The van der Waals surface area contributed by atoms with Crippen LogP contribution in [0.5, 0.6) is 5.75 Å². The molecule has 6 heteroatoms. The predicted molar refractivity (Wildman–Crippen MR) is 99.9 cm³/mol. The molecule has 2 rings (SSSR count). The Labute approximate surface area is 155 Å². The molecule has 0 radical (unpaired) electrons. The van der Waals surface area contributed by atoms with E-state index in [1.807, 2.05) is 20.8 Å². The number of rotatable bonds is 7. The molecule has 1 aromatic carbocycles. The SMILES string of the molecule is CC(C)(C)OC(=O)NCC1CCN(CCCOc2ccc(F)cc2)CC1. The summed E-state index contributed by atoms with van der Waals surface area (Å²) in [4.78, 5) is 14.1. The molecule has 1 aromatic rings.